The van der Waals surface area contributed by atoms with Crippen molar-refractivity contribution in [1.82, 2.24) is 9.88 Å². The van der Waals surface area contributed by atoms with Gasteiger partial charge in [0.15, 0.2) is 0 Å². The molecule has 1 aliphatic carbocycles. The number of likely N-dealkylation sites (tertiary alicyclic amines) is 1. The quantitative estimate of drug-likeness (QED) is 0.704. The van der Waals surface area contributed by atoms with E-state index in [4.69, 9.17) is 0 Å². The highest BCUT2D eigenvalue weighted by molar-refractivity contribution is 6.06. The van der Waals surface area contributed by atoms with E-state index in [1.54, 1.807) is 6.20 Å². The summed E-state index contributed by atoms with van der Waals surface area (Å²) in [4.78, 5) is 20.1. The predicted molar refractivity (Wildman–Crippen MR) is 113 cm³/mol. The van der Waals surface area contributed by atoms with Crippen LogP contribution in [0.3, 0.4) is 0 Å². The van der Waals surface area contributed by atoms with Crippen molar-refractivity contribution < 1.29 is 9.90 Å². The van der Waals surface area contributed by atoms with Crippen molar-refractivity contribution >= 4 is 16.8 Å². The molecule has 1 saturated heterocycles. The molecule has 2 aromatic carbocycles. The first-order valence-electron chi connectivity index (χ1n) is 10.6. The smallest absolute Gasteiger partial charge is 0.254 e. The van der Waals surface area contributed by atoms with Gasteiger partial charge in [-0.25, -0.2) is 0 Å². The summed E-state index contributed by atoms with van der Waals surface area (Å²) in [5, 5.41) is 12.6. The molecule has 1 aromatic heterocycles. The Bertz CT molecular complexity index is 1030. The van der Waals surface area contributed by atoms with Crippen LogP contribution in [0.1, 0.15) is 48.0 Å². The number of nitrogens with zero attached hydrogens (tertiary/aromatic N) is 2. The second-order valence-corrected chi connectivity index (χ2v) is 8.37. The Kier molecular flexibility index (Phi) is 4.59. The van der Waals surface area contributed by atoms with Crippen molar-refractivity contribution in [2.75, 3.05) is 6.54 Å². The van der Waals surface area contributed by atoms with E-state index in [-0.39, 0.29) is 17.9 Å². The van der Waals surface area contributed by atoms with Gasteiger partial charge >= 0.3 is 0 Å². The fourth-order valence-corrected chi connectivity index (χ4v) is 5.47. The van der Waals surface area contributed by atoms with E-state index >= 15 is 0 Å². The van der Waals surface area contributed by atoms with Crippen LogP contribution in [0.25, 0.3) is 10.9 Å². The van der Waals surface area contributed by atoms with E-state index in [0.717, 1.165) is 42.1 Å². The number of carbonyl (C=O) groups is 1. The maximum Gasteiger partial charge on any atom is 0.254 e. The monoisotopic (exact) mass is 386 g/mol. The minimum Gasteiger partial charge on any atom is -0.385 e. The topological polar surface area (TPSA) is 53.4 Å². The highest BCUT2D eigenvalue weighted by atomic mass is 16.3. The zero-order valence-electron chi connectivity index (χ0n) is 16.5. The summed E-state index contributed by atoms with van der Waals surface area (Å²) < 4.78 is 0. The van der Waals surface area contributed by atoms with Crippen molar-refractivity contribution in [3.05, 3.63) is 78.0 Å². The molecule has 29 heavy (non-hydrogen) atoms. The third-order valence-electron chi connectivity index (χ3n) is 6.89. The molecule has 3 atom stereocenters. The molecule has 3 aromatic rings. The normalized spacial score (nSPS) is 26.9. The van der Waals surface area contributed by atoms with E-state index in [9.17, 15) is 9.90 Å². The fraction of sp³-hybridized carbons (Fsp3) is 0.360. The maximum atomic E-state index is 13.6. The molecule has 2 heterocycles. The number of fused-ring (bicyclic) bond motifs is 2. The highest BCUT2D eigenvalue weighted by Crippen LogP contribution is 2.47. The number of rotatable bonds is 2. The van der Waals surface area contributed by atoms with E-state index in [2.05, 4.69) is 4.98 Å². The Morgan fingerprint density at radius 1 is 1.00 bits per heavy atom. The van der Waals surface area contributed by atoms with Crippen LogP contribution in [0.2, 0.25) is 0 Å². The molecule has 1 amide bonds. The van der Waals surface area contributed by atoms with Crippen LogP contribution in [0, 0.1) is 5.92 Å². The second-order valence-electron chi connectivity index (χ2n) is 8.37. The standard InChI is InChI=1S/C25H26N2O2/c28-24(20-10-6-13-22-19(20)11-7-16-26-22)27-17-15-25(29,18-8-2-1-3-9-18)21-12-4-5-14-23(21)27/h1-3,6-11,13,16,21,23,29H,4-5,12,14-15,17H2/t21-,23+,25-/m0/s1. The number of benzene rings is 2. The third-order valence-corrected chi connectivity index (χ3v) is 6.89. The molecule has 2 aliphatic rings. The van der Waals surface area contributed by atoms with Crippen molar-refractivity contribution in [2.45, 2.75) is 43.7 Å². The van der Waals surface area contributed by atoms with Gasteiger partial charge in [0, 0.05) is 35.7 Å². The van der Waals surface area contributed by atoms with Gasteiger partial charge in [-0.1, -0.05) is 55.3 Å². The van der Waals surface area contributed by atoms with Crippen molar-refractivity contribution in [1.29, 1.82) is 0 Å². The van der Waals surface area contributed by atoms with Gasteiger partial charge in [0.2, 0.25) is 0 Å². The number of pyridine rings is 1. The lowest BCUT2D eigenvalue weighted by Crippen LogP contribution is -2.59. The van der Waals surface area contributed by atoms with Crippen LogP contribution in [0.15, 0.2) is 66.9 Å². The summed E-state index contributed by atoms with van der Waals surface area (Å²) in [6.07, 6.45) is 6.45. The molecule has 1 saturated carbocycles. The Hall–Kier alpha value is -2.72. The summed E-state index contributed by atoms with van der Waals surface area (Å²) in [5.74, 6) is 0.139. The lowest BCUT2D eigenvalue weighted by molar-refractivity contribution is -0.110. The molecule has 1 aliphatic heterocycles. The maximum absolute atomic E-state index is 13.6. The molecule has 2 fully saturated rings. The zero-order valence-corrected chi connectivity index (χ0v) is 16.5. The van der Waals surface area contributed by atoms with Gasteiger partial charge < -0.3 is 10.0 Å². The molecular weight excluding hydrogens is 360 g/mol. The number of aromatic nitrogens is 1. The lowest BCUT2D eigenvalue weighted by Gasteiger charge is -2.52. The van der Waals surface area contributed by atoms with Crippen LogP contribution >= 0.6 is 0 Å². The third kappa shape index (κ3) is 3.03. The van der Waals surface area contributed by atoms with Gasteiger partial charge in [-0.05, 0) is 43.0 Å². The molecule has 148 valence electrons. The van der Waals surface area contributed by atoms with Gasteiger partial charge in [-0.15, -0.1) is 0 Å². The summed E-state index contributed by atoms with van der Waals surface area (Å²) in [5.41, 5.74) is 1.68. The second kappa shape index (κ2) is 7.27. The average Bonchev–Trinajstić information content (AvgIpc) is 2.79. The molecular formula is C25H26N2O2. The molecule has 1 N–H and O–H groups in total. The minimum atomic E-state index is -0.858. The van der Waals surface area contributed by atoms with Crippen molar-refractivity contribution in [3.63, 3.8) is 0 Å². The highest BCUT2D eigenvalue weighted by Gasteiger charge is 2.50. The number of hydrogen-bond acceptors (Lipinski definition) is 3. The Morgan fingerprint density at radius 2 is 1.83 bits per heavy atom. The van der Waals surface area contributed by atoms with Crippen molar-refractivity contribution in [2.24, 2.45) is 5.92 Å². The molecule has 4 heteroatoms. The van der Waals surface area contributed by atoms with Gasteiger partial charge in [-0.3, -0.25) is 9.78 Å². The van der Waals surface area contributed by atoms with E-state index < -0.39 is 5.60 Å². The Morgan fingerprint density at radius 3 is 2.69 bits per heavy atom. The summed E-state index contributed by atoms with van der Waals surface area (Å²) >= 11 is 0. The van der Waals surface area contributed by atoms with E-state index in [1.165, 1.54) is 0 Å². The molecule has 0 bridgehead atoms. The van der Waals surface area contributed by atoms with Crippen LogP contribution in [-0.4, -0.2) is 33.5 Å². The predicted octanol–water partition coefficient (Wildman–Crippen LogP) is 4.53. The Labute approximate surface area is 171 Å². The summed E-state index contributed by atoms with van der Waals surface area (Å²) in [7, 11) is 0. The minimum absolute atomic E-state index is 0.0654. The molecule has 4 nitrogen and oxygen atoms in total. The van der Waals surface area contributed by atoms with Crippen LogP contribution in [-0.2, 0) is 5.60 Å². The van der Waals surface area contributed by atoms with Gasteiger partial charge in [0.05, 0.1) is 11.1 Å². The molecule has 5 rings (SSSR count). The lowest BCUT2D eigenvalue weighted by atomic mass is 9.66. The van der Waals surface area contributed by atoms with E-state index in [1.807, 2.05) is 65.6 Å². The van der Waals surface area contributed by atoms with Crippen LogP contribution in [0.4, 0.5) is 0 Å². The molecule has 0 spiro atoms. The number of amides is 1. The number of carbonyl (C=O) groups excluding carboxylic acids is 1. The van der Waals surface area contributed by atoms with Gasteiger partial charge in [-0.2, -0.15) is 0 Å². The average molecular weight is 386 g/mol. The SMILES string of the molecule is O=C(c1cccc2ncccc12)N1CC[C@](O)(c2ccccc2)[C@H]2CCCC[C@H]21. The van der Waals surface area contributed by atoms with Crippen molar-refractivity contribution in [3.8, 4) is 0 Å². The fourth-order valence-electron chi connectivity index (χ4n) is 5.47. The van der Waals surface area contributed by atoms with Crippen LogP contribution < -0.4 is 0 Å². The first kappa shape index (κ1) is 18.3. The molecule has 0 unspecified atom stereocenters. The summed E-state index contributed by atoms with van der Waals surface area (Å²) in [6, 6.07) is 19.7. The largest absolute Gasteiger partial charge is 0.385 e. The van der Waals surface area contributed by atoms with E-state index in [0.29, 0.717) is 18.5 Å². The first-order chi connectivity index (χ1) is 14.2. The first-order valence-corrected chi connectivity index (χ1v) is 10.6. The van der Waals surface area contributed by atoms with Crippen LogP contribution in [0.5, 0.6) is 0 Å². The molecule has 0 radical (unpaired) electrons. The Balaban J connectivity index is 1.52. The zero-order chi connectivity index (χ0) is 19.8. The number of hydrogen-bond donors (Lipinski definition) is 1. The summed E-state index contributed by atoms with van der Waals surface area (Å²) in [6.45, 7) is 0.571. The number of aliphatic hydroxyl groups is 1. The number of piperidine rings is 1. The van der Waals surface area contributed by atoms with Gasteiger partial charge in [0.25, 0.3) is 5.91 Å². The van der Waals surface area contributed by atoms with Gasteiger partial charge in [0.1, 0.15) is 0 Å².